The van der Waals surface area contributed by atoms with Gasteiger partial charge in [-0.15, -0.1) is 0 Å². The highest BCUT2D eigenvalue weighted by molar-refractivity contribution is 5.69. The summed E-state index contributed by atoms with van der Waals surface area (Å²) in [5.41, 5.74) is 0. The maximum Gasteiger partial charge on any atom is 0.306 e. The smallest absolute Gasteiger partial charge is 0.306 e. The quantitative estimate of drug-likeness (QED) is 0.0303. The summed E-state index contributed by atoms with van der Waals surface area (Å²) in [5, 5.41) is 40.0. The summed E-state index contributed by atoms with van der Waals surface area (Å²) in [7, 11) is 0. The Bertz CT molecular complexity index is 859. The third-order valence-electron chi connectivity index (χ3n) is 9.03. The molecule has 0 radical (unpaired) electrons. The van der Waals surface area contributed by atoms with Crippen molar-refractivity contribution in [3.8, 4) is 0 Å². The molecule has 0 aromatic heterocycles. The second-order valence-corrected chi connectivity index (χ2v) is 13.7. The molecule has 1 fully saturated rings. The van der Waals surface area contributed by atoms with Crippen LogP contribution in [0.5, 0.6) is 0 Å². The van der Waals surface area contributed by atoms with Crippen LogP contribution in [0.15, 0.2) is 36.5 Å². The van der Waals surface area contributed by atoms with Gasteiger partial charge in [0.1, 0.15) is 30.5 Å². The van der Waals surface area contributed by atoms with E-state index in [1.807, 2.05) is 0 Å². The fourth-order valence-electron chi connectivity index (χ4n) is 5.79. The second kappa shape index (κ2) is 33.3. The number of aliphatic hydroxyl groups excluding tert-OH is 4. The Hall–Kier alpha value is -1.59. The molecule has 1 rings (SSSR count). The average molecular weight is 711 g/mol. The van der Waals surface area contributed by atoms with Gasteiger partial charge in [0.15, 0.2) is 6.29 Å². The van der Waals surface area contributed by atoms with Crippen LogP contribution in [0.4, 0.5) is 0 Å². The maximum absolute atomic E-state index is 12.7. The van der Waals surface area contributed by atoms with E-state index in [1.54, 1.807) is 0 Å². The molecule has 1 saturated heterocycles. The zero-order valence-corrected chi connectivity index (χ0v) is 31.6. The van der Waals surface area contributed by atoms with E-state index >= 15 is 0 Å². The molecule has 1 aliphatic rings. The third kappa shape index (κ3) is 24.6. The minimum Gasteiger partial charge on any atom is -0.457 e. The standard InChI is InChI=1S/C41H74O9/c1-3-5-7-9-11-13-15-17-18-20-22-24-26-28-30-37(43)49-35(34-48-41-40(46)39(45)38(44)36(32-42)50-41)33-47-31-29-27-25-23-21-19-16-14-12-10-8-6-4-2/h9,11-12,14-15,17,35-36,38-42,44-46H,3-8,10,13,16,18-34H2,1-2H3/b11-9-,14-12-,17-15-. The predicted molar refractivity (Wildman–Crippen MR) is 201 cm³/mol. The summed E-state index contributed by atoms with van der Waals surface area (Å²) in [4.78, 5) is 12.7. The van der Waals surface area contributed by atoms with Crippen LogP contribution in [0.1, 0.15) is 155 Å². The van der Waals surface area contributed by atoms with E-state index in [0.717, 1.165) is 70.6 Å². The number of esters is 1. The van der Waals surface area contributed by atoms with Crippen LogP contribution in [0, 0.1) is 0 Å². The minimum atomic E-state index is -1.54. The van der Waals surface area contributed by atoms with E-state index in [0.29, 0.717) is 13.0 Å². The average Bonchev–Trinajstić information content (AvgIpc) is 3.11. The number of carbonyl (C=O) groups is 1. The second-order valence-electron chi connectivity index (χ2n) is 13.7. The number of hydrogen-bond donors (Lipinski definition) is 4. The van der Waals surface area contributed by atoms with Crippen molar-refractivity contribution in [2.45, 2.75) is 192 Å². The molecule has 6 atom stereocenters. The van der Waals surface area contributed by atoms with Crippen LogP contribution in [0.25, 0.3) is 0 Å². The van der Waals surface area contributed by atoms with E-state index < -0.39 is 43.4 Å². The van der Waals surface area contributed by atoms with Gasteiger partial charge in [0.05, 0.1) is 19.8 Å². The zero-order chi connectivity index (χ0) is 36.5. The zero-order valence-electron chi connectivity index (χ0n) is 31.6. The number of rotatable bonds is 33. The van der Waals surface area contributed by atoms with E-state index in [4.69, 9.17) is 18.9 Å². The van der Waals surface area contributed by atoms with Gasteiger partial charge < -0.3 is 39.4 Å². The number of unbranched alkanes of at least 4 members (excludes halogenated alkanes) is 16. The van der Waals surface area contributed by atoms with E-state index in [-0.39, 0.29) is 19.2 Å². The van der Waals surface area contributed by atoms with E-state index in [9.17, 15) is 25.2 Å². The molecule has 0 spiro atoms. The molecule has 0 saturated carbocycles. The van der Waals surface area contributed by atoms with Gasteiger partial charge in [0.2, 0.25) is 0 Å². The molecule has 4 N–H and O–H groups in total. The van der Waals surface area contributed by atoms with Gasteiger partial charge in [-0.25, -0.2) is 0 Å². The molecule has 0 amide bonds. The van der Waals surface area contributed by atoms with Crippen molar-refractivity contribution in [3.63, 3.8) is 0 Å². The van der Waals surface area contributed by atoms with Crippen molar-refractivity contribution >= 4 is 5.97 Å². The van der Waals surface area contributed by atoms with Gasteiger partial charge in [-0.3, -0.25) is 4.79 Å². The van der Waals surface area contributed by atoms with Crippen LogP contribution in [-0.2, 0) is 23.7 Å². The van der Waals surface area contributed by atoms with Gasteiger partial charge in [-0.2, -0.15) is 0 Å². The molecule has 0 aromatic rings. The lowest BCUT2D eigenvalue weighted by Gasteiger charge is -2.39. The molecule has 1 heterocycles. The molecule has 9 nitrogen and oxygen atoms in total. The van der Waals surface area contributed by atoms with Crippen molar-refractivity contribution in [1.29, 1.82) is 0 Å². The normalized spacial score (nSPS) is 21.9. The maximum atomic E-state index is 12.7. The molecule has 0 aromatic carbocycles. The number of carbonyl (C=O) groups excluding carboxylic acids is 1. The SMILES string of the molecule is CCCC/C=C\C/C=C\CCCCCCCC(=O)OC(COCCCCCCCC/C=C\CCCCC)COC1OC(CO)C(O)C(O)C1O. The molecule has 50 heavy (non-hydrogen) atoms. The van der Waals surface area contributed by atoms with E-state index in [2.05, 4.69) is 50.3 Å². The third-order valence-corrected chi connectivity index (χ3v) is 9.03. The van der Waals surface area contributed by atoms with Crippen molar-refractivity contribution in [1.82, 2.24) is 0 Å². The highest BCUT2D eigenvalue weighted by Crippen LogP contribution is 2.22. The van der Waals surface area contributed by atoms with Gasteiger partial charge in [0, 0.05) is 13.0 Å². The molecule has 9 heteroatoms. The van der Waals surface area contributed by atoms with Gasteiger partial charge in [-0.1, -0.05) is 121 Å². The van der Waals surface area contributed by atoms with Crippen LogP contribution < -0.4 is 0 Å². The summed E-state index contributed by atoms with van der Waals surface area (Å²) >= 11 is 0. The van der Waals surface area contributed by atoms with E-state index in [1.165, 1.54) is 64.2 Å². The first-order valence-electron chi connectivity index (χ1n) is 20.1. The van der Waals surface area contributed by atoms with Crippen LogP contribution >= 0.6 is 0 Å². The fourth-order valence-corrected chi connectivity index (χ4v) is 5.79. The van der Waals surface area contributed by atoms with Gasteiger partial charge in [-0.05, 0) is 64.2 Å². The summed E-state index contributed by atoms with van der Waals surface area (Å²) in [6, 6.07) is 0. The Balaban J connectivity index is 2.34. The molecule has 0 bridgehead atoms. The summed E-state index contributed by atoms with van der Waals surface area (Å²) in [5.74, 6) is -0.332. The molecular formula is C41H74O9. The van der Waals surface area contributed by atoms with Crippen LogP contribution in [0.3, 0.4) is 0 Å². The number of aliphatic hydroxyl groups is 4. The first kappa shape index (κ1) is 46.4. The lowest BCUT2D eigenvalue weighted by atomic mass is 9.99. The van der Waals surface area contributed by atoms with Crippen molar-refractivity contribution < 1.29 is 44.2 Å². The summed E-state index contributed by atoms with van der Waals surface area (Å²) in [6.45, 7) is 4.45. The molecule has 1 aliphatic heterocycles. The van der Waals surface area contributed by atoms with Gasteiger partial charge in [0.25, 0.3) is 0 Å². The number of allylic oxidation sites excluding steroid dienone is 6. The number of hydrogen-bond acceptors (Lipinski definition) is 9. The topological polar surface area (TPSA) is 135 Å². The predicted octanol–water partition coefficient (Wildman–Crippen LogP) is 8.02. The monoisotopic (exact) mass is 711 g/mol. The Kier molecular flexibility index (Phi) is 30.9. The highest BCUT2D eigenvalue weighted by Gasteiger charge is 2.44. The van der Waals surface area contributed by atoms with Crippen LogP contribution in [-0.4, -0.2) is 89.6 Å². The van der Waals surface area contributed by atoms with Crippen molar-refractivity contribution in [2.24, 2.45) is 0 Å². The molecule has 292 valence electrons. The van der Waals surface area contributed by atoms with Crippen molar-refractivity contribution in [3.05, 3.63) is 36.5 Å². The fraction of sp³-hybridized carbons (Fsp3) is 0.829. The largest absolute Gasteiger partial charge is 0.457 e. The first-order valence-corrected chi connectivity index (χ1v) is 20.1. The molecular weight excluding hydrogens is 636 g/mol. The number of ether oxygens (including phenoxy) is 4. The molecule has 0 aliphatic carbocycles. The summed E-state index contributed by atoms with van der Waals surface area (Å²) < 4.78 is 22.7. The lowest BCUT2D eigenvalue weighted by molar-refractivity contribution is -0.305. The highest BCUT2D eigenvalue weighted by atomic mass is 16.7. The summed E-state index contributed by atoms with van der Waals surface area (Å²) in [6.07, 6.45) is 30.2. The first-order chi connectivity index (χ1) is 24.4. The lowest BCUT2D eigenvalue weighted by Crippen LogP contribution is -2.59. The Morgan fingerprint density at radius 1 is 0.640 bits per heavy atom. The Morgan fingerprint density at radius 2 is 1.18 bits per heavy atom. The van der Waals surface area contributed by atoms with Crippen molar-refractivity contribution in [2.75, 3.05) is 26.4 Å². The minimum absolute atomic E-state index is 0.121. The Labute approximate surface area is 304 Å². The Morgan fingerprint density at radius 3 is 1.80 bits per heavy atom. The van der Waals surface area contributed by atoms with Gasteiger partial charge >= 0.3 is 5.97 Å². The molecule has 6 unspecified atom stereocenters. The van der Waals surface area contributed by atoms with Crippen LogP contribution in [0.2, 0.25) is 0 Å².